The number of hydrogen-bond donors (Lipinski definition) is 1. The summed E-state index contributed by atoms with van der Waals surface area (Å²) in [6.07, 6.45) is 6.45. The maximum atomic E-state index is 5.35. The quantitative estimate of drug-likeness (QED) is 0.715. The predicted molar refractivity (Wildman–Crippen MR) is 66.1 cm³/mol. The van der Waals surface area contributed by atoms with Crippen molar-refractivity contribution in [2.75, 3.05) is 13.1 Å². The third kappa shape index (κ3) is 1.41. The van der Waals surface area contributed by atoms with Crippen molar-refractivity contribution in [2.45, 2.75) is 13.0 Å². The molecule has 2 heteroatoms. The number of hydrogen-bond acceptors (Lipinski definition) is 1. The van der Waals surface area contributed by atoms with Gasteiger partial charge >= 0.3 is 0 Å². The third-order valence-electron chi connectivity index (χ3n) is 3.28. The van der Waals surface area contributed by atoms with Crippen LogP contribution >= 0.6 is 0 Å². The van der Waals surface area contributed by atoms with Gasteiger partial charge in [-0.2, -0.15) is 0 Å². The smallest absolute Gasteiger partial charge is 0.0602 e. The number of H-pyrrole nitrogens is 1. The lowest BCUT2D eigenvalue weighted by Crippen LogP contribution is -2.30. The summed E-state index contributed by atoms with van der Waals surface area (Å²) in [5.41, 5.74) is 4.06. The van der Waals surface area contributed by atoms with E-state index in [-0.39, 0.29) is 0 Å². The van der Waals surface area contributed by atoms with Gasteiger partial charge in [0.1, 0.15) is 0 Å². The third-order valence-corrected chi connectivity index (χ3v) is 3.28. The molecule has 0 radical (unpaired) electrons. The van der Waals surface area contributed by atoms with E-state index in [2.05, 4.69) is 40.1 Å². The van der Waals surface area contributed by atoms with Crippen LogP contribution in [-0.2, 0) is 13.0 Å². The fourth-order valence-corrected chi connectivity index (χ4v) is 2.51. The highest BCUT2D eigenvalue weighted by atomic mass is 15.1. The molecule has 1 aromatic carbocycles. The summed E-state index contributed by atoms with van der Waals surface area (Å²) in [6, 6.07) is 8.51. The van der Waals surface area contributed by atoms with E-state index in [4.69, 9.17) is 6.42 Å². The lowest BCUT2D eigenvalue weighted by molar-refractivity contribution is 0.284. The summed E-state index contributed by atoms with van der Waals surface area (Å²) in [4.78, 5) is 5.80. The van der Waals surface area contributed by atoms with E-state index in [0.29, 0.717) is 0 Å². The van der Waals surface area contributed by atoms with Gasteiger partial charge in [0, 0.05) is 29.7 Å². The van der Waals surface area contributed by atoms with Gasteiger partial charge in [-0.25, -0.2) is 0 Å². The van der Waals surface area contributed by atoms with E-state index < -0.39 is 0 Å². The standard InChI is InChI=1S/C14H14N2/c1-2-8-16-9-7-12-11-5-3-4-6-13(11)15-14(12)10-16/h1,3-6,15H,7-10H2. The molecule has 0 spiro atoms. The van der Waals surface area contributed by atoms with Gasteiger partial charge < -0.3 is 4.98 Å². The molecule has 2 aromatic rings. The Hall–Kier alpha value is -1.72. The molecule has 0 aliphatic carbocycles. The van der Waals surface area contributed by atoms with Crippen LogP contribution in [0.25, 0.3) is 10.9 Å². The maximum absolute atomic E-state index is 5.35. The number of terminal acetylenes is 1. The molecule has 0 saturated heterocycles. The summed E-state index contributed by atoms with van der Waals surface area (Å²) in [6.45, 7) is 2.77. The highest BCUT2D eigenvalue weighted by Gasteiger charge is 2.19. The summed E-state index contributed by atoms with van der Waals surface area (Å²) >= 11 is 0. The molecule has 2 nitrogen and oxygen atoms in total. The molecule has 0 unspecified atom stereocenters. The van der Waals surface area contributed by atoms with Crippen LogP contribution in [0.2, 0.25) is 0 Å². The van der Waals surface area contributed by atoms with Gasteiger partial charge in [-0.3, -0.25) is 4.90 Å². The van der Waals surface area contributed by atoms with E-state index >= 15 is 0 Å². The van der Waals surface area contributed by atoms with E-state index in [9.17, 15) is 0 Å². The Balaban J connectivity index is 2.03. The Kier molecular flexibility index (Phi) is 2.19. The van der Waals surface area contributed by atoms with Crippen LogP contribution in [0.5, 0.6) is 0 Å². The number of benzene rings is 1. The number of nitrogens with zero attached hydrogens (tertiary/aromatic N) is 1. The molecule has 0 saturated carbocycles. The van der Waals surface area contributed by atoms with Gasteiger partial charge in [-0.1, -0.05) is 24.1 Å². The number of aromatic nitrogens is 1. The molecule has 1 aliphatic rings. The van der Waals surface area contributed by atoms with Crippen LogP contribution in [0.4, 0.5) is 0 Å². The van der Waals surface area contributed by atoms with Crippen molar-refractivity contribution in [3.8, 4) is 12.3 Å². The Bertz CT molecular complexity index is 560. The molecule has 1 N–H and O–H groups in total. The lowest BCUT2D eigenvalue weighted by atomic mass is 10.0. The largest absolute Gasteiger partial charge is 0.357 e. The maximum Gasteiger partial charge on any atom is 0.0602 e. The second kappa shape index (κ2) is 3.70. The lowest BCUT2D eigenvalue weighted by Gasteiger charge is -2.24. The van der Waals surface area contributed by atoms with E-state index in [1.807, 2.05) is 0 Å². The number of fused-ring (bicyclic) bond motifs is 3. The van der Waals surface area contributed by atoms with Gasteiger partial charge in [-0.05, 0) is 18.1 Å². The van der Waals surface area contributed by atoms with Gasteiger partial charge in [0.2, 0.25) is 0 Å². The molecule has 3 rings (SSSR count). The van der Waals surface area contributed by atoms with Crippen molar-refractivity contribution in [1.29, 1.82) is 0 Å². The van der Waals surface area contributed by atoms with Gasteiger partial charge in [-0.15, -0.1) is 6.42 Å². The molecular weight excluding hydrogens is 196 g/mol. The Labute approximate surface area is 95.3 Å². The second-order valence-corrected chi connectivity index (χ2v) is 4.29. The number of rotatable bonds is 1. The van der Waals surface area contributed by atoms with Crippen LogP contribution in [0.3, 0.4) is 0 Å². The number of aromatic amines is 1. The molecular formula is C14H14N2. The molecule has 16 heavy (non-hydrogen) atoms. The first-order valence-corrected chi connectivity index (χ1v) is 5.63. The minimum Gasteiger partial charge on any atom is -0.357 e. The molecule has 2 heterocycles. The summed E-state index contributed by atoms with van der Waals surface area (Å²) < 4.78 is 0. The van der Waals surface area contributed by atoms with E-state index in [1.54, 1.807) is 0 Å². The zero-order valence-corrected chi connectivity index (χ0v) is 9.16. The fraction of sp³-hybridized carbons (Fsp3) is 0.286. The fourth-order valence-electron chi connectivity index (χ4n) is 2.51. The molecule has 80 valence electrons. The SMILES string of the molecule is C#CCN1CCc2c([nH]c3ccccc23)C1. The average molecular weight is 210 g/mol. The zero-order valence-electron chi connectivity index (χ0n) is 9.16. The average Bonchev–Trinajstić information content (AvgIpc) is 2.67. The van der Waals surface area contributed by atoms with Crippen molar-refractivity contribution in [3.05, 3.63) is 35.5 Å². The summed E-state index contributed by atoms with van der Waals surface area (Å²) in [5, 5.41) is 1.37. The van der Waals surface area contributed by atoms with Crippen LogP contribution in [0.15, 0.2) is 24.3 Å². The minimum atomic E-state index is 0.745. The monoisotopic (exact) mass is 210 g/mol. The topological polar surface area (TPSA) is 19.0 Å². The van der Waals surface area contributed by atoms with Crippen LogP contribution in [-0.4, -0.2) is 23.0 Å². The molecule has 0 fully saturated rings. The minimum absolute atomic E-state index is 0.745. The van der Waals surface area contributed by atoms with Crippen LogP contribution < -0.4 is 0 Å². The van der Waals surface area contributed by atoms with Gasteiger partial charge in [0.05, 0.1) is 6.54 Å². The molecule has 1 aliphatic heterocycles. The molecule has 0 amide bonds. The first kappa shape index (κ1) is 9.50. The van der Waals surface area contributed by atoms with E-state index in [0.717, 1.165) is 26.1 Å². The zero-order chi connectivity index (χ0) is 11.0. The Morgan fingerprint density at radius 1 is 1.38 bits per heavy atom. The summed E-state index contributed by atoms with van der Waals surface area (Å²) in [7, 11) is 0. The van der Waals surface area contributed by atoms with Crippen molar-refractivity contribution >= 4 is 10.9 Å². The van der Waals surface area contributed by atoms with Crippen molar-refractivity contribution < 1.29 is 0 Å². The van der Waals surface area contributed by atoms with E-state index in [1.165, 1.54) is 22.2 Å². The first-order chi connectivity index (χ1) is 7.88. The summed E-state index contributed by atoms with van der Waals surface area (Å²) in [5.74, 6) is 2.71. The van der Waals surface area contributed by atoms with Crippen molar-refractivity contribution in [1.82, 2.24) is 9.88 Å². The highest BCUT2D eigenvalue weighted by Crippen LogP contribution is 2.26. The number of nitrogens with one attached hydrogen (secondary N) is 1. The van der Waals surface area contributed by atoms with Crippen molar-refractivity contribution in [3.63, 3.8) is 0 Å². The molecule has 0 bridgehead atoms. The van der Waals surface area contributed by atoms with Crippen LogP contribution in [0.1, 0.15) is 11.3 Å². The predicted octanol–water partition coefficient (Wildman–Crippen LogP) is 2.16. The highest BCUT2D eigenvalue weighted by molar-refractivity contribution is 5.84. The van der Waals surface area contributed by atoms with Crippen molar-refractivity contribution in [2.24, 2.45) is 0 Å². The Morgan fingerprint density at radius 3 is 3.12 bits per heavy atom. The number of para-hydroxylation sites is 1. The van der Waals surface area contributed by atoms with Crippen LogP contribution in [0, 0.1) is 12.3 Å². The van der Waals surface area contributed by atoms with Gasteiger partial charge in [0.25, 0.3) is 0 Å². The normalized spacial score (nSPS) is 15.9. The second-order valence-electron chi connectivity index (χ2n) is 4.29. The Morgan fingerprint density at radius 2 is 2.25 bits per heavy atom. The first-order valence-electron chi connectivity index (χ1n) is 5.63. The molecule has 0 atom stereocenters. The van der Waals surface area contributed by atoms with Gasteiger partial charge in [0.15, 0.2) is 0 Å². The molecule has 1 aromatic heterocycles.